The Kier molecular flexibility index (Phi) is 8.79. The van der Waals surface area contributed by atoms with Gasteiger partial charge in [0.15, 0.2) is 0 Å². The first-order chi connectivity index (χ1) is 19.3. The third-order valence-corrected chi connectivity index (χ3v) is 6.35. The Morgan fingerprint density at radius 3 is 0.850 bits per heavy atom. The average molecular weight is 543 g/mol. The number of fused-ring (bicyclic) bond motifs is 2. The van der Waals surface area contributed by atoms with Crippen molar-refractivity contribution in [3.8, 4) is 33.4 Å². The number of hydrogen-bond donors (Lipinski definition) is 0. The molecule has 0 saturated heterocycles. The molecule has 0 atom stereocenters. The fourth-order valence-electron chi connectivity index (χ4n) is 4.60. The highest BCUT2D eigenvalue weighted by atomic mass is 16.5. The first-order valence-corrected chi connectivity index (χ1v) is 13.2. The minimum absolute atomic E-state index is 0.197. The second kappa shape index (κ2) is 12.4. The van der Waals surface area contributed by atoms with Gasteiger partial charge < -0.3 is 18.9 Å². The van der Waals surface area contributed by atoms with Crippen LogP contribution >= 0.6 is 0 Å². The first-order valence-electron chi connectivity index (χ1n) is 13.2. The van der Waals surface area contributed by atoms with Crippen molar-refractivity contribution in [2.75, 3.05) is 26.4 Å². The van der Waals surface area contributed by atoms with Gasteiger partial charge in [-0.25, -0.2) is 19.2 Å². The summed E-state index contributed by atoms with van der Waals surface area (Å²) in [6.07, 6.45) is 0. The maximum absolute atomic E-state index is 12.7. The largest absolute Gasteiger partial charge is 0.462 e. The number of ether oxygens (including phenoxy) is 4. The van der Waals surface area contributed by atoms with Crippen molar-refractivity contribution >= 4 is 23.9 Å². The smallest absolute Gasteiger partial charge is 0.338 e. The van der Waals surface area contributed by atoms with Crippen molar-refractivity contribution in [2.24, 2.45) is 0 Å². The lowest BCUT2D eigenvalue weighted by molar-refractivity contribution is 0.0511. The summed E-state index contributed by atoms with van der Waals surface area (Å²) in [6.45, 7) is 7.65. The van der Waals surface area contributed by atoms with Gasteiger partial charge in [0.05, 0.1) is 48.7 Å². The van der Waals surface area contributed by atoms with Gasteiger partial charge in [-0.3, -0.25) is 0 Å². The van der Waals surface area contributed by atoms with E-state index < -0.39 is 23.9 Å². The van der Waals surface area contributed by atoms with Crippen LogP contribution in [-0.2, 0) is 18.9 Å². The SMILES string of the molecule is CCOC(=O)c1cc(C(=O)OCC)c2ccc(-c3ccc4c(C(=O)OCC)cc(C(=O)OCC)c-4cc3)ccc1-2. The Bertz CT molecular complexity index is 1300. The Morgan fingerprint density at radius 1 is 0.425 bits per heavy atom. The van der Waals surface area contributed by atoms with Gasteiger partial charge in [0.1, 0.15) is 0 Å². The van der Waals surface area contributed by atoms with Gasteiger partial charge in [-0.15, -0.1) is 0 Å². The van der Waals surface area contributed by atoms with E-state index in [1.54, 1.807) is 52.0 Å². The highest BCUT2D eigenvalue weighted by Gasteiger charge is 2.27. The van der Waals surface area contributed by atoms with Gasteiger partial charge in [-0.05, 0) is 73.2 Å². The molecule has 4 rings (SSSR count). The van der Waals surface area contributed by atoms with E-state index in [0.29, 0.717) is 22.3 Å². The topological polar surface area (TPSA) is 105 Å². The summed E-state index contributed by atoms with van der Waals surface area (Å²) in [7, 11) is 0. The Morgan fingerprint density at radius 2 is 0.650 bits per heavy atom. The molecule has 0 fully saturated rings. The molecule has 0 spiro atoms. The molecule has 0 amide bonds. The molecule has 0 aliphatic heterocycles. The molecule has 40 heavy (non-hydrogen) atoms. The molecule has 0 radical (unpaired) electrons. The maximum Gasteiger partial charge on any atom is 0.338 e. The third kappa shape index (κ3) is 5.52. The van der Waals surface area contributed by atoms with Crippen molar-refractivity contribution < 1.29 is 38.1 Å². The van der Waals surface area contributed by atoms with Crippen LogP contribution in [0.3, 0.4) is 0 Å². The zero-order valence-electron chi connectivity index (χ0n) is 22.9. The summed E-state index contributed by atoms with van der Waals surface area (Å²) in [6, 6.07) is 17.4. The van der Waals surface area contributed by atoms with Crippen molar-refractivity contribution in [1.29, 1.82) is 0 Å². The zero-order valence-corrected chi connectivity index (χ0v) is 22.9. The van der Waals surface area contributed by atoms with Crippen LogP contribution in [0.15, 0.2) is 60.7 Å². The molecule has 0 N–H and O–H groups in total. The van der Waals surface area contributed by atoms with Crippen LogP contribution in [0.2, 0.25) is 0 Å². The molecule has 0 aromatic heterocycles. The van der Waals surface area contributed by atoms with Gasteiger partial charge >= 0.3 is 23.9 Å². The van der Waals surface area contributed by atoms with Crippen LogP contribution in [-0.4, -0.2) is 50.3 Å². The highest BCUT2D eigenvalue weighted by molar-refractivity contribution is 6.09. The normalized spacial score (nSPS) is 10.8. The lowest BCUT2D eigenvalue weighted by atomic mass is 10.1. The predicted molar refractivity (Wildman–Crippen MR) is 149 cm³/mol. The molecule has 4 aliphatic carbocycles. The number of carbonyl (C=O) groups is 4. The van der Waals surface area contributed by atoms with Crippen LogP contribution in [0.1, 0.15) is 69.1 Å². The van der Waals surface area contributed by atoms with Gasteiger partial charge in [0.25, 0.3) is 0 Å². The summed E-state index contributed by atoms with van der Waals surface area (Å²) in [5.74, 6) is -2.12. The summed E-state index contributed by atoms with van der Waals surface area (Å²) in [4.78, 5) is 50.7. The van der Waals surface area contributed by atoms with Crippen molar-refractivity contribution in [3.63, 3.8) is 0 Å². The van der Waals surface area contributed by atoms with Crippen LogP contribution in [0.5, 0.6) is 0 Å². The van der Waals surface area contributed by atoms with Crippen LogP contribution in [0, 0.1) is 0 Å². The number of carbonyl (C=O) groups excluding carboxylic acids is 4. The molecule has 0 aromatic rings. The van der Waals surface area contributed by atoms with E-state index in [1.165, 1.54) is 12.1 Å². The molecule has 0 aromatic carbocycles. The average Bonchev–Trinajstić information content (AvgIpc) is 3.30. The number of esters is 4. The first kappa shape index (κ1) is 28.3. The number of hydrogen-bond acceptors (Lipinski definition) is 8. The lowest BCUT2D eigenvalue weighted by Crippen LogP contribution is -2.05. The molecule has 0 bridgehead atoms. The van der Waals surface area contributed by atoms with E-state index in [1.807, 2.05) is 24.3 Å². The van der Waals surface area contributed by atoms with E-state index in [-0.39, 0.29) is 48.7 Å². The second-order valence-corrected chi connectivity index (χ2v) is 8.72. The third-order valence-electron chi connectivity index (χ3n) is 6.35. The lowest BCUT2D eigenvalue weighted by Gasteiger charge is -2.02. The summed E-state index contributed by atoms with van der Waals surface area (Å²) in [5.41, 5.74) is 4.87. The fourth-order valence-corrected chi connectivity index (χ4v) is 4.60. The van der Waals surface area contributed by atoms with Crippen LogP contribution < -0.4 is 0 Å². The highest BCUT2D eigenvalue weighted by Crippen LogP contribution is 2.37. The van der Waals surface area contributed by atoms with Gasteiger partial charge in [-0.2, -0.15) is 0 Å². The zero-order chi connectivity index (χ0) is 28.8. The molecular formula is C32H30O8. The predicted octanol–water partition coefficient (Wildman–Crippen LogP) is 6.27. The fraction of sp³-hybridized carbons (Fsp3) is 0.250. The Labute approximate surface area is 232 Å². The minimum Gasteiger partial charge on any atom is -0.462 e. The molecule has 0 unspecified atom stereocenters. The van der Waals surface area contributed by atoms with Gasteiger partial charge in [0, 0.05) is 0 Å². The summed E-state index contributed by atoms with van der Waals surface area (Å²) < 4.78 is 20.8. The van der Waals surface area contributed by atoms with Crippen molar-refractivity contribution in [1.82, 2.24) is 0 Å². The molecule has 4 aliphatic rings. The molecule has 8 nitrogen and oxygen atoms in total. The Hall–Kier alpha value is -4.72. The summed E-state index contributed by atoms with van der Waals surface area (Å²) >= 11 is 0. The number of rotatable bonds is 9. The van der Waals surface area contributed by atoms with E-state index in [0.717, 1.165) is 11.1 Å². The molecule has 206 valence electrons. The van der Waals surface area contributed by atoms with E-state index in [2.05, 4.69) is 0 Å². The maximum atomic E-state index is 12.7. The minimum atomic E-state index is -0.529. The summed E-state index contributed by atoms with van der Waals surface area (Å²) in [5, 5.41) is 0. The van der Waals surface area contributed by atoms with Crippen molar-refractivity contribution in [3.05, 3.63) is 82.9 Å². The van der Waals surface area contributed by atoms with Crippen LogP contribution in [0.4, 0.5) is 0 Å². The molecular weight excluding hydrogens is 512 g/mol. The second-order valence-electron chi connectivity index (χ2n) is 8.72. The van der Waals surface area contributed by atoms with Crippen molar-refractivity contribution in [2.45, 2.75) is 27.7 Å². The Balaban J connectivity index is 1.87. The monoisotopic (exact) mass is 542 g/mol. The standard InChI is InChI=1S/C32H30O8/c1-5-37-29(33)25-17-26(30(34)38-6-2)22-14-10-19(9-13-21(22)25)20-11-15-23-24(16-12-20)28(32(36)40-8-4)18-27(23)31(35)39-7-3/h9-18H,5-8H2,1-4H3. The molecule has 0 heterocycles. The quantitative estimate of drug-likeness (QED) is 0.180. The molecule has 8 heteroatoms. The molecule has 0 saturated carbocycles. The van der Waals surface area contributed by atoms with E-state index in [9.17, 15) is 19.2 Å². The van der Waals surface area contributed by atoms with Crippen LogP contribution in [0.25, 0.3) is 33.4 Å². The van der Waals surface area contributed by atoms with E-state index >= 15 is 0 Å². The van der Waals surface area contributed by atoms with Gasteiger partial charge in [0.2, 0.25) is 0 Å². The van der Waals surface area contributed by atoms with Gasteiger partial charge in [-0.1, -0.05) is 48.5 Å². The van der Waals surface area contributed by atoms with E-state index in [4.69, 9.17) is 18.9 Å².